The van der Waals surface area contributed by atoms with E-state index in [4.69, 9.17) is 10.5 Å². The van der Waals surface area contributed by atoms with E-state index in [0.717, 1.165) is 17.8 Å². The van der Waals surface area contributed by atoms with Crippen molar-refractivity contribution >= 4 is 10.9 Å². The molecule has 2 unspecified atom stereocenters. The first-order valence-electron chi connectivity index (χ1n) is 7.42. The van der Waals surface area contributed by atoms with Crippen LogP contribution < -0.4 is 15.8 Å². The van der Waals surface area contributed by atoms with Gasteiger partial charge in [0, 0.05) is 35.6 Å². The van der Waals surface area contributed by atoms with Gasteiger partial charge in [0.05, 0.1) is 7.11 Å². The van der Waals surface area contributed by atoms with Crippen molar-refractivity contribution in [1.29, 1.82) is 0 Å². The second kappa shape index (κ2) is 5.85. The van der Waals surface area contributed by atoms with E-state index in [9.17, 15) is 0 Å². The molecule has 2 heterocycles. The predicted molar refractivity (Wildman–Crippen MR) is 82.3 cm³/mol. The van der Waals surface area contributed by atoms with Crippen LogP contribution in [-0.4, -0.2) is 31.2 Å². The number of hydrogen-bond acceptors (Lipinski definition) is 3. The highest BCUT2D eigenvalue weighted by molar-refractivity contribution is 5.85. The number of nitrogens with two attached hydrogens (primary N) is 1. The van der Waals surface area contributed by atoms with E-state index in [-0.39, 0.29) is 0 Å². The Morgan fingerprint density at radius 2 is 2.30 bits per heavy atom. The molecule has 2 aromatic rings. The molecule has 0 spiro atoms. The summed E-state index contributed by atoms with van der Waals surface area (Å²) in [4.78, 5) is 3.35. The smallest absolute Gasteiger partial charge is 0.119 e. The molecule has 1 saturated heterocycles. The maximum Gasteiger partial charge on any atom is 0.119 e. The Labute approximate surface area is 119 Å². The Kier molecular flexibility index (Phi) is 3.94. The van der Waals surface area contributed by atoms with Crippen molar-refractivity contribution in [3.8, 4) is 5.75 Å². The summed E-state index contributed by atoms with van der Waals surface area (Å²) in [5, 5.41) is 4.86. The minimum atomic E-state index is 0.358. The zero-order chi connectivity index (χ0) is 13.9. The van der Waals surface area contributed by atoms with Crippen LogP contribution in [0.4, 0.5) is 0 Å². The molecule has 0 aliphatic carbocycles. The topological polar surface area (TPSA) is 63.1 Å². The standard InChI is InChI=1S/C16H23N3O/c1-20-11-5-6-16-12(8-11)14(10-19-16)13(9-17)15-4-2-3-7-18-15/h5-6,8,10,13,15,18-19H,2-4,7,9,17H2,1H3. The third-order valence-electron chi connectivity index (χ3n) is 4.41. The summed E-state index contributed by atoms with van der Waals surface area (Å²) < 4.78 is 5.34. The molecule has 108 valence electrons. The Morgan fingerprint density at radius 1 is 1.40 bits per heavy atom. The second-order valence-corrected chi connectivity index (χ2v) is 5.55. The largest absolute Gasteiger partial charge is 0.497 e. The van der Waals surface area contributed by atoms with E-state index in [0.29, 0.717) is 18.5 Å². The molecule has 2 atom stereocenters. The molecule has 0 bridgehead atoms. The van der Waals surface area contributed by atoms with Crippen molar-refractivity contribution in [2.24, 2.45) is 5.73 Å². The van der Waals surface area contributed by atoms with E-state index in [1.165, 1.54) is 30.2 Å². The number of benzene rings is 1. The van der Waals surface area contributed by atoms with Crippen LogP contribution in [0, 0.1) is 0 Å². The summed E-state index contributed by atoms with van der Waals surface area (Å²) in [5.74, 6) is 1.25. The minimum absolute atomic E-state index is 0.358. The van der Waals surface area contributed by atoms with Crippen molar-refractivity contribution in [2.45, 2.75) is 31.2 Å². The van der Waals surface area contributed by atoms with Gasteiger partial charge in [-0.05, 0) is 43.1 Å². The lowest BCUT2D eigenvalue weighted by Gasteiger charge is -2.30. The molecule has 4 nitrogen and oxygen atoms in total. The van der Waals surface area contributed by atoms with Crippen molar-refractivity contribution in [3.05, 3.63) is 30.0 Å². The monoisotopic (exact) mass is 273 g/mol. The molecule has 1 aromatic heterocycles. The zero-order valence-electron chi connectivity index (χ0n) is 12.0. The Hall–Kier alpha value is -1.52. The number of aromatic nitrogens is 1. The Morgan fingerprint density at radius 3 is 3.00 bits per heavy atom. The zero-order valence-corrected chi connectivity index (χ0v) is 12.0. The number of aromatic amines is 1. The number of H-pyrrole nitrogens is 1. The summed E-state index contributed by atoms with van der Waals surface area (Å²) >= 11 is 0. The van der Waals surface area contributed by atoms with Crippen LogP contribution in [0.25, 0.3) is 10.9 Å². The summed E-state index contributed by atoms with van der Waals surface area (Å²) in [7, 11) is 1.70. The third kappa shape index (κ3) is 2.41. The van der Waals surface area contributed by atoms with Gasteiger partial charge in [-0.15, -0.1) is 0 Å². The van der Waals surface area contributed by atoms with Crippen LogP contribution in [0.1, 0.15) is 30.7 Å². The minimum Gasteiger partial charge on any atom is -0.497 e. The van der Waals surface area contributed by atoms with Crippen molar-refractivity contribution in [2.75, 3.05) is 20.2 Å². The number of fused-ring (bicyclic) bond motifs is 1. The number of methoxy groups -OCH3 is 1. The van der Waals surface area contributed by atoms with Gasteiger partial charge in [-0.25, -0.2) is 0 Å². The highest BCUT2D eigenvalue weighted by Crippen LogP contribution is 2.32. The lowest BCUT2D eigenvalue weighted by Crippen LogP contribution is -2.41. The van der Waals surface area contributed by atoms with Crippen LogP contribution in [-0.2, 0) is 0 Å². The van der Waals surface area contributed by atoms with E-state index in [2.05, 4.69) is 28.6 Å². The van der Waals surface area contributed by atoms with Crippen molar-refractivity contribution < 1.29 is 4.74 Å². The second-order valence-electron chi connectivity index (χ2n) is 5.55. The molecular weight excluding hydrogens is 250 g/mol. The summed E-state index contributed by atoms with van der Waals surface area (Å²) in [6, 6.07) is 6.64. The molecule has 0 saturated carbocycles. The van der Waals surface area contributed by atoms with Gasteiger partial charge in [0.2, 0.25) is 0 Å². The average Bonchev–Trinajstić information content (AvgIpc) is 2.92. The van der Waals surface area contributed by atoms with Gasteiger partial charge in [-0.1, -0.05) is 6.42 Å². The van der Waals surface area contributed by atoms with Crippen LogP contribution in [0.15, 0.2) is 24.4 Å². The first-order valence-corrected chi connectivity index (χ1v) is 7.42. The number of ether oxygens (including phenoxy) is 1. The molecule has 0 radical (unpaired) electrons. The van der Waals surface area contributed by atoms with Crippen molar-refractivity contribution in [3.63, 3.8) is 0 Å². The van der Waals surface area contributed by atoms with E-state index in [1.807, 2.05) is 6.07 Å². The maximum absolute atomic E-state index is 6.07. The molecular formula is C16H23N3O. The average molecular weight is 273 g/mol. The molecule has 0 amide bonds. The van der Waals surface area contributed by atoms with Crippen molar-refractivity contribution in [1.82, 2.24) is 10.3 Å². The molecule has 4 heteroatoms. The Balaban J connectivity index is 1.97. The van der Waals surface area contributed by atoms with E-state index in [1.54, 1.807) is 7.11 Å². The van der Waals surface area contributed by atoms with Gasteiger partial charge in [0.25, 0.3) is 0 Å². The summed E-state index contributed by atoms with van der Waals surface area (Å²) in [6.45, 7) is 1.77. The van der Waals surface area contributed by atoms with Crippen LogP contribution in [0.5, 0.6) is 5.75 Å². The van der Waals surface area contributed by atoms with Crippen LogP contribution in [0.2, 0.25) is 0 Å². The Bertz CT molecular complexity index is 572. The lowest BCUT2D eigenvalue weighted by atomic mass is 9.86. The molecule has 1 aliphatic rings. The van der Waals surface area contributed by atoms with Gasteiger partial charge in [-0.3, -0.25) is 0 Å². The highest BCUT2D eigenvalue weighted by Gasteiger charge is 2.25. The molecule has 4 N–H and O–H groups in total. The molecule has 3 rings (SSSR count). The fourth-order valence-corrected chi connectivity index (χ4v) is 3.29. The van der Waals surface area contributed by atoms with Gasteiger partial charge in [0.1, 0.15) is 5.75 Å². The first kappa shape index (κ1) is 13.5. The fraction of sp³-hybridized carbons (Fsp3) is 0.500. The number of piperidine rings is 1. The first-order chi connectivity index (χ1) is 9.83. The number of hydrogen-bond donors (Lipinski definition) is 3. The van der Waals surface area contributed by atoms with Gasteiger partial charge in [-0.2, -0.15) is 0 Å². The molecule has 20 heavy (non-hydrogen) atoms. The quantitative estimate of drug-likeness (QED) is 0.801. The number of nitrogens with one attached hydrogen (secondary N) is 2. The summed E-state index contributed by atoms with van der Waals surface area (Å²) in [6.07, 6.45) is 5.88. The number of rotatable bonds is 4. The predicted octanol–water partition coefficient (Wildman–Crippen LogP) is 2.36. The normalized spacial score (nSPS) is 21.0. The molecule has 1 aliphatic heterocycles. The van der Waals surface area contributed by atoms with Crippen LogP contribution >= 0.6 is 0 Å². The molecule has 1 aromatic carbocycles. The van der Waals surface area contributed by atoms with E-state index >= 15 is 0 Å². The fourth-order valence-electron chi connectivity index (χ4n) is 3.29. The van der Waals surface area contributed by atoms with Gasteiger partial charge >= 0.3 is 0 Å². The van der Waals surface area contributed by atoms with Gasteiger partial charge < -0.3 is 20.8 Å². The van der Waals surface area contributed by atoms with Gasteiger partial charge in [0.15, 0.2) is 0 Å². The third-order valence-corrected chi connectivity index (χ3v) is 4.41. The SMILES string of the molecule is COc1ccc2[nH]cc(C(CN)C3CCCCN3)c2c1. The maximum atomic E-state index is 6.07. The highest BCUT2D eigenvalue weighted by atomic mass is 16.5. The summed E-state index contributed by atoms with van der Waals surface area (Å²) in [5.41, 5.74) is 8.53. The molecule has 1 fully saturated rings. The van der Waals surface area contributed by atoms with Crippen LogP contribution in [0.3, 0.4) is 0 Å². The van der Waals surface area contributed by atoms with E-state index < -0.39 is 0 Å². The lowest BCUT2D eigenvalue weighted by molar-refractivity contribution is 0.353.